The number of hydrogen-bond donors (Lipinski definition) is 0. The van der Waals surface area contributed by atoms with Gasteiger partial charge >= 0.3 is 0 Å². The molecule has 1 nitrogen and oxygen atoms in total. The molecule has 0 aromatic heterocycles. The zero-order valence-electron chi connectivity index (χ0n) is 21.1. The van der Waals surface area contributed by atoms with Crippen LogP contribution in [-0.2, 0) is 4.79 Å². The summed E-state index contributed by atoms with van der Waals surface area (Å²) in [6, 6.07) is 46.3. The summed E-state index contributed by atoms with van der Waals surface area (Å²) in [4.78, 5) is 14.4. The van der Waals surface area contributed by atoms with Crippen molar-refractivity contribution >= 4 is 44.0 Å². The standard InChI is InChI=1S/C37H23BrO/c38-32-23-21-26(22-24-32)19-20-27-11-10-18-31(25-27)36-34(29-14-6-2-7-15-29)33(28-12-4-1-5-13-28)35(37(36)39)30-16-8-3-9-17-30/h1-18,21-25H. The first kappa shape index (κ1) is 24.6. The molecule has 0 fully saturated rings. The molecule has 39 heavy (non-hydrogen) atoms. The average Bonchev–Trinajstić information content (AvgIpc) is 3.31. The molecule has 5 aromatic carbocycles. The minimum Gasteiger partial charge on any atom is -0.289 e. The van der Waals surface area contributed by atoms with E-state index in [-0.39, 0.29) is 5.78 Å². The molecular formula is C37H23BrO. The molecule has 0 aliphatic heterocycles. The highest BCUT2D eigenvalue weighted by Crippen LogP contribution is 2.49. The van der Waals surface area contributed by atoms with E-state index in [4.69, 9.17) is 0 Å². The van der Waals surface area contributed by atoms with E-state index in [9.17, 15) is 4.79 Å². The topological polar surface area (TPSA) is 17.1 Å². The zero-order chi connectivity index (χ0) is 26.6. The Bertz CT molecular complexity index is 1780. The molecular weight excluding hydrogens is 540 g/mol. The van der Waals surface area contributed by atoms with E-state index in [1.165, 1.54) is 0 Å². The van der Waals surface area contributed by atoms with Crippen LogP contribution in [0.15, 0.2) is 144 Å². The summed E-state index contributed by atoms with van der Waals surface area (Å²) in [6.07, 6.45) is 0. The third-order valence-electron chi connectivity index (χ3n) is 6.74. The van der Waals surface area contributed by atoms with E-state index in [1.807, 2.05) is 115 Å². The Morgan fingerprint density at radius 2 is 0.846 bits per heavy atom. The number of hydrogen-bond acceptors (Lipinski definition) is 1. The van der Waals surface area contributed by atoms with Gasteiger partial charge in [-0.15, -0.1) is 0 Å². The molecule has 0 unspecified atom stereocenters. The fourth-order valence-corrected chi connectivity index (χ4v) is 5.24. The number of benzene rings is 5. The molecule has 0 saturated carbocycles. The number of carbonyl (C=O) groups excluding carboxylic acids is 1. The molecule has 6 rings (SSSR count). The molecule has 1 aliphatic carbocycles. The lowest BCUT2D eigenvalue weighted by Gasteiger charge is -2.13. The van der Waals surface area contributed by atoms with Crippen LogP contribution in [0.2, 0.25) is 0 Å². The van der Waals surface area contributed by atoms with Crippen molar-refractivity contribution in [3.05, 3.63) is 177 Å². The highest BCUT2D eigenvalue weighted by molar-refractivity contribution is 9.10. The van der Waals surface area contributed by atoms with Gasteiger partial charge in [-0.3, -0.25) is 4.79 Å². The normalized spacial score (nSPS) is 12.9. The van der Waals surface area contributed by atoms with E-state index >= 15 is 0 Å². The minimum absolute atomic E-state index is 0.0249. The number of ketones is 1. The first-order chi connectivity index (χ1) is 19.2. The molecule has 0 spiro atoms. The van der Waals surface area contributed by atoms with Gasteiger partial charge < -0.3 is 0 Å². The van der Waals surface area contributed by atoms with Crippen LogP contribution in [-0.4, -0.2) is 5.78 Å². The highest BCUT2D eigenvalue weighted by Gasteiger charge is 2.35. The lowest BCUT2D eigenvalue weighted by atomic mass is 9.89. The maximum atomic E-state index is 14.4. The number of rotatable bonds is 4. The predicted octanol–water partition coefficient (Wildman–Crippen LogP) is 8.95. The van der Waals surface area contributed by atoms with Gasteiger partial charge in [0.05, 0.1) is 0 Å². The van der Waals surface area contributed by atoms with Gasteiger partial charge in [-0.1, -0.05) is 131 Å². The summed E-state index contributed by atoms with van der Waals surface area (Å²) < 4.78 is 1.02. The van der Waals surface area contributed by atoms with Crippen molar-refractivity contribution in [2.45, 2.75) is 0 Å². The van der Waals surface area contributed by atoms with Crippen LogP contribution in [0.25, 0.3) is 22.3 Å². The van der Waals surface area contributed by atoms with Crippen LogP contribution in [0.5, 0.6) is 0 Å². The Morgan fingerprint density at radius 3 is 1.38 bits per heavy atom. The lowest BCUT2D eigenvalue weighted by Crippen LogP contribution is -2.02. The maximum absolute atomic E-state index is 14.4. The Morgan fingerprint density at radius 1 is 0.410 bits per heavy atom. The Hall–Kier alpha value is -4.71. The predicted molar refractivity (Wildman–Crippen MR) is 165 cm³/mol. The van der Waals surface area contributed by atoms with Gasteiger partial charge in [0.25, 0.3) is 0 Å². The number of Topliss-reactive ketones (excluding diaryl/α,β-unsaturated/α-hetero) is 1. The molecule has 0 amide bonds. The quantitative estimate of drug-likeness (QED) is 0.200. The maximum Gasteiger partial charge on any atom is 0.195 e. The van der Waals surface area contributed by atoms with Crippen LogP contribution in [0.1, 0.15) is 33.4 Å². The van der Waals surface area contributed by atoms with Gasteiger partial charge in [-0.2, -0.15) is 0 Å². The summed E-state index contributed by atoms with van der Waals surface area (Å²) >= 11 is 3.47. The lowest BCUT2D eigenvalue weighted by molar-refractivity contribution is -0.108. The van der Waals surface area contributed by atoms with E-state index < -0.39 is 0 Å². The molecule has 1 aliphatic rings. The monoisotopic (exact) mass is 562 g/mol. The molecule has 0 radical (unpaired) electrons. The van der Waals surface area contributed by atoms with E-state index in [0.29, 0.717) is 5.57 Å². The van der Waals surface area contributed by atoms with Crippen molar-refractivity contribution in [3.63, 3.8) is 0 Å². The molecule has 0 saturated heterocycles. The molecule has 5 aromatic rings. The second-order valence-electron chi connectivity index (χ2n) is 9.26. The van der Waals surface area contributed by atoms with Crippen molar-refractivity contribution in [1.29, 1.82) is 0 Å². The highest BCUT2D eigenvalue weighted by atomic mass is 79.9. The van der Waals surface area contributed by atoms with Crippen LogP contribution >= 0.6 is 15.9 Å². The Balaban J connectivity index is 1.56. The first-order valence-electron chi connectivity index (χ1n) is 12.8. The summed E-state index contributed by atoms with van der Waals surface area (Å²) in [6.45, 7) is 0. The fraction of sp³-hybridized carbons (Fsp3) is 0. The molecule has 0 bridgehead atoms. The molecule has 0 N–H and O–H groups in total. The second-order valence-corrected chi connectivity index (χ2v) is 10.2. The smallest absolute Gasteiger partial charge is 0.195 e. The third kappa shape index (κ3) is 5.06. The van der Waals surface area contributed by atoms with E-state index in [2.05, 4.69) is 52.0 Å². The van der Waals surface area contributed by atoms with E-state index in [1.54, 1.807) is 0 Å². The van der Waals surface area contributed by atoms with E-state index in [0.717, 1.165) is 54.6 Å². The van der Waals surface area contributed by atoms with Crippen LogP contribution in [0.4, 0.5) is 0 Å². The number of allylic oxidation sites excluding steroid dienone is 4. The molecule has 184 valence electrons. The van der Waals surface area contributed by atoms with Gasteiger partial charge in [0.1, 0.15) is 0 Å². The van der Waals surface area contributed by atoms with Crippen molar-refractivity contribution in [1.82, 2.24) is 0 Å². The third-order valence-corrected chi connectivity index (χ3v) is 7.27. The van der Waals surface area contributed by atoms with Gasteiger partial charge in [0.2, 0.25) is 0 Å². The van der Waals surface area contributed by atoms with Gasteiger partial charge in [-0.25, -0.2) is 0 Å². The van der Waals surface area contributed by atoms with Crippen molar-refractivity contribution in [2.24, 2.45) is 0 Å². The van der Waals surface area contributed by atoms with Gasteiger partial charge in [0, 0.05) is 37.9 Å². The fourth-order valence-electron chi connectivity index (χ4n) is 4.97. The SMILES string of the molecule is O=C1C(c2ccccc2)=C(c2ccccc2)C(c2ccccc2)=C1c1cccc(C#Cc2ccc(Br)cc2)c1. The largest absolute Gasteiger partial charge is 0.289 e. The van der Waals surface area contributed by atoms with Crippen molar-refractivity contribution in [2.75, 3.05) is 0 Å². The summed E-state index contributed by atoms with van der Waals surface area (Å²) in [7, 11) is 0. The van der Waals surface area contributed by atoms with Gasteiger partial charge in [0.15, 0.2) is 5.78 Å². The van der Waals surface area contributed by atoms with Crippen molar-refractivity contribution in [3.8, 4) is 11.8 Å². The zero-order valence-corrected chi connectivity index (χ0v) is 22.7. The summed E-state index contributed by atoms with van der Waals surface area (Å²) in [5.74, 6) is 6.56. The van der Waals surface area contributed by atoms with Crippen LogP contribution < -0.4 is 0 Å². The summed E-state index contributed by atoms with van der Waals surface area (Å²) in [5, 5.41) is 0. The minimum atomic E-state index is 0.0249. The number of halogens is 1. The Labute approximate surface area is 237 Å². The van der Waals surface area contributed by atoms with Crippen LogP contribution in [0.3, 0.4) is 0 Å². The average molecular weight is 563 g/mol. The molecule has 0 atom stereocenters. The van der Waals surface area contributed by atoms with Crippen LogP contribution in [0, 0.1) is 11.8 Å². The second kappa shape index (κ2) is 11.0. The van der Waals surface area contributed by atoms with Gasteiger partial charge in [-0.05, 0) is 58.7 Å². The molecule has 0 heterocycles. The Kier molecular flexibility index (Phi) is 6.91. The van der Waals surface area contributed by atoms with Crippen molar-refractivity contribution < 1.29 is 4.79 Å². The first-order valence-corrected chi connectivity index (χ1v) is 13.6. The number of carbonyl (C=O) groups is 1. The summed E-state index contributed by atoms with van der Waals surface area (Å²) in [5.41, 5.74) is 8.93. The molecule has 2 heteroatoms.